The lowest BCUT2D eigenvalue weighted by molar-refractivity contribution is 0.581. The van der Waals surface area contributed by atoms with Gasteiger partial charge in [0.05, 0.1) is 4.90 Å². The molecule has 3 N–H and O–H groups in total. The number of sulfonamides is 1. The molecule has 5 nitrogen and oxygen atoms in total. The average Bonchev–Trinajstić information content (AvgIpc) is 2.87. The molecule has 0 saturated carbocycles. The smallest absolute Gasteiger partial charge is 0.242 e. The predicted molar refractivity (Wildman–Crippen MR) is 81.7 cm³/mol. The van der Waals surface area contributed by atoms with E-state index in [9.17, 15) is 8.42 Å². The van der Waals surface area contributed by atoms with E-state index in [2.05, 4.69) is 31.0 Å². The van der Waals surface area contributed by atoms with Crippen LogP contribution in [0.15, 0.2) is 45.9 Å². The molecule has 0 bridgehead atoms. The van der Waals surface area contributed by atoms with Gasteiger partial charge in [0.1, 0.15) is 0 Å². The second-order valence-electron chi connectivity index (χ2n) is 4.35. The van der Waals surface area contributed by atoms with E-state index in [0.29, 0.717) is 6.54 Å². The van der Waals surface area contributed by atoms with Gasteiger partial charge in [-0.05, 0) is 30.8 Å². The summed E-state index contributed by atoms with van der Waals surface area (Å²) in [7, 11) is -1.69. The summed E-state index contributed by atoms with van der Waals surface area (Å²) in [5.74, 6) is 0. The molecule has 0 amide bonds. The number of aromatic nitrogens is 1. The van der Waals surface area contributed by atoms with Gasteiger partial charge in [-0.1, -0.05) is 28.1 Å². The highest BCUT2D eigenvalue weighted by Gasteiger charge is 2.15. The van der Waals surface area contributed by atoms with E-state index in [1.54, 1.807) is 13.1 Å². The van der Waals surface area contributed by atoms with Gasteiger partial charge >= 0.3 is 0 Å². The van der Waals surface area contributed by atoms with Gasteiger partial charge in [0.25, 0.3) is 0 Å². The molecule has 0 fully saturated rings. The van der Waals surface area contributed by atoms with Crippen molar-refractivity contribution in [2.24, 2.45) is 0 Å². The van der Waals surface area contributed by atoms with Gasteiger partial charge in [-0.2, -0.15) is 0 Å². The molecule has 0 spiro atoms. The monoisotopic (exact) mass is 357 g/mol. The molecule has 108 valence electrons. The molecular formula is C13H16BrN3O2S. The van der Waals surface area contributed by atoms with Crippen molar-refractivity contribution in [2.75, 3.05) is 7.05 Å². The summed E-state index contributed by atoms with van der Waals surface area (Å²) in [6, 6.07) is 9.14. The minimum atomic E-state index is -3.49. The Morgan fingerprint density at radius 3 is 2.75 bits per heavy atom. The van der Waals surface area contributed by atoms with Crippen LogP contribution in [0.5, 0.6) is 0 Å². The lowest BCUT2D eigenvalue weighted by Gasteiger charge is -2.05. The second-order valence-corrected chi connectivity index (χ2v) is 7.03. The fourth-order valence-corrected chi connectivity index (χ4v) is 3.26. The maximum absolute atomic E-state index is 12.1. The molecule has 0 unspecified atom stereocenters. The van der Waals surface area contributed by atoms with E-state index in [-0.39, 0.29) is 11.4 Å². The summed E-state index contributed by atoms with van der Waals surface area (Å²) < 4.78 is 27.8. The SMILES string of the molecule is CNCc1cc(S(=O)(=O)NCc2cccc(Br)c2)c[nH]1. The molecule has 1 aromatic heterocycles. The first-order chi connectivity index (χ1) is 9.51. The molecule has 0 saturated heterocycles. The van der Waals surface area contributed by atoms with E-state index >= 15 is 0 Å². The highest BCUT2D eigenvalue weighted by molar-refractivity contribution is 9.10. The normalized spacial score (nSPS) is 11.7. The maximum atomic E-state index is 12.1. The molecule has 1 aromatic carbocycles. The van der Waals surface area contributed by atoms with Crippen molar-refractivity contribution >= 4 is 26.0 Å². The molecule has 0 atom stereocenters. The van der Waals surface area contributed by atoms with Crippen molar-refractivity contribution < 1.29 is 8.42 Å². The van der Waals surface area contributed by atoms with Gasteiger partial charge in [0, 0.05) is 29.5 Å². The van der Waals surface area contributed by atoms with E-state index < -0.39 is 10.0 Å². The number of aromatic amines is 1. The van der Waals surface area contributed by atoms with Crippen molar-refractivity contribution in [3.05, 3.63) is 52.3 Å². The summed E-state index contributed by atoms with van der Waals surface area (Å²) in [6.07, 6.45) is 1.50. The number of hydrogen-bond acceptors (Lipinski definition) is 3. The summed E-state index contributed by atoms with van der Waals surface area (Å²) in [4.78, 5) is 3.18. The average molecular weight is 358 g/mol. The van der Waals surface area contributed by atoms with Crippen molar-refractivity contribution in [3.8, 4) is 0 Å². The summed E-state index contributed by atoms with van der Waals surface area (Å²) in [5.41, 5.74) is 1.73. The van der Waals surface area contributed by atoms with Crippen molar-refractivity contribution in [1.29, 1.82) is 0 Å². The quantitative estimate of drug-likeness (QED) is 0.739. The van der Waals surface area contributed by atoms with Crippen molar-refractivity contribution in [2.45, 2.75) is 18.0 Å². The maximum Gasteiger partial charge on any atom is 0.242 e. The highest BCUT2D eigenvalue weighted by atomic mass is 79.9. The zero-order valence-electron chi connectivity index (χ0n) is 11.0. The third kappa shape index (κ3) is 3.92. The number of nitrogens with one attached hydrogen (secondary N) is 3. The van der Waals surface area contributed by atoms with E-state index in [1.807, 2.05) is 24.3 Å². The molecule has 0 aliphatic carbocycles. The Bertz CT molecular complexity index is 682. The third-order valence-corrected chi connectivity index (χ3v) is 4.62. The highest BCUT2D eigenvalue weighted by Crippen LogP contribution is 2.14. The minimum absolute atomic E-state index is 0.248. The second kappa shape index (κ2) is 6.53. The van der Waals surface area contributed by atoms with Gasteiger partial charge in [0.2, 0.25) is 10.0 Å². The van der Waals surface area contributed by atoms with Crippen LogP contribution in [-0.2, 0) is 23.1 Å². The van der Waals surface area contributed by atoms with Crippen LogP contribution in [0.1, 0.15) is 11.3 Å². The fraction of sp³-hybridized carbons (Fsp3) is 0.231. The first-order valence-corrected chi connectivity index (χ1v) is 8.35. The molecular weight excluding hydrogens is 342 g/mol. The minimum Gasteiger partial charge on any atom is -0.363 e. The Balaban J connectivity index is 2.06. The standard InChI is InChI=1S/C13H16BrN3O2S/c1-15-8-12-6-13(9-16-12)20(18,19)17-7-10-3-2-4-11(14)5-10/h2-6,9,15-17H,7-8H2,1H3. The first-order valence-electron chi connectivity index (χ1n) is 6.07. The lowest BCUT2D eigenvalue weighted by Crippen LogP contribution is -2.22. The van der Waals surface area contributed by atoms with Gasteiger partial charge in [0.15, 0.2) is 0 Å². The molecule has 0 aliphatic rings. The topological polar surface area (TPSA) is 74.0 Å². The van der Waals surface area contributed by atoms with Crippen LogP contribution in [0, 0.1) is 0 Å². The molecule has 20 heavy (non-hydrogen) atoms. The van der Waals surface area contributed by atoms with Crippen LogP contribution in [0.3, 0.4) is 0 Å². The van der Waals surface area contributed by atoms with Crippen LogP contribution in [-0.4, -0.2) is 20.4 Å². The molecule has 7 heteroatoms. The van der Waals surface area contributed by atoms with Crippen LogP contribution in [0.4, 0.5) is 0 Å². The number of H-pyrrole nitrogens is 1. The Hall–Kier alpha value is -1.15. The van der Waals surface area contributed by atoms with Gasteiger partial charge < -0.3 is 10.3 Å². The lowest BCUT2D eigenvalue weighted by atomic mass is 10.2. The molecule has 0 radical (unpaired) electrons. The van der Waals surface area contributed by atoms with Crippen LogP contribution in [0.2, 0.25) is 0 Å². The molecule has 2 rings (SSSR count). The molecule has 2 aromatic rings. The number of hydrogen-bond donors (Lipinski definition) is 3. The van der Waals surface area contributed by atoms with E-state index in [1.165, 1.54) is 6.20 Å². The zero-order valence-corrected chi connectivity index (χ0v) is 13.4. The van der Waals surface area contributed by atoms with Gasteiger partial charge in [-0.15, -0.1) is 0 Å². The van der Waals surface area contributed by atoms with Crippen LogP contribution < -0.4 is 10.0 Å². The first kappa shape index (κ1) is 15.2. The Kier molecular flexibility index (Phi) is 4.98. The van der Waals surface area contributed by atoms with Crippen molar-refractivity contribution in [3.63, 3.8) is 0 Å². The molecule has 1 heterocycles. The predicted octanol–water partition coefficient (Wildman–Crippen LogP) is 1.98. The third-order valence-electron chi connectivity index (χ3n) is 2.75. The number of rotatable bonds is 6. The summed E-state index contributed by atoms with van der Waals surface area (Å²) in [5, 5.41) is 2.96. The summed E-state index contributed by atoms with van der Waals surface area (Å²) in [6.45, 7) is 0.857. The van der Waals surface area contributed by atoms with Crippen molar-refractivity contribution in [1.82, 2.24) is 15.0 Å². The van der Waals surface area contributed by atoms with E-state index in [0.717, 1.165) is 15.7 Å². The van der Waals surface area contributed by atoms with E-state index in [4.69, 9.17) is 0 Å². The van der Waals surface area contributed by atoms with Crippen LogP contribution in [0.25, 0.3) is 0 Å². The number of halogens is 1. The van der Waals surface area contributed by atoms with Crippen LogP contribution >= 0.6 is 15.9 Å². The Morgan fingerprint density at radius 1 is 1.25 bits per heavy atom. The Labute approximate surface area is 127 Å². The van der Waals surface area contributed by atoms with Gasteiger partial charge in [-0.3, -0.25) is 0 Å². The molecule has 0 aliphatic heterocycles. The largest absolute Gasteiger partial charge is 0.363 e. The summed E-state index contributed by atoms with van der Waals surface area (Å²) >= 11 is 3.36. The fourth-order valence-electron chi connectivity index (χ4n) is 1.78. The zero-order chi connectivity index (χ0) is 14.6. The number of benzene rings is 1. The van der Waals surface area contributed by atoms with Gasteiger partial charge in [-0.25, -0.2) is 13.1 Å². The Morgan fingerprint density at radius 2 is 2.05 bits per heavy atom.